The Morgan fingerprint density at radius 1 is 1.10 bits per heavy atom. The summed E-state index contributed by atoms with van der Waals surface area (Å²) < 4.78 is 0. The zero-order valence-corrected chi connectivity index (χ0v) is 11.9. The van der Waals surface area contributed by atoms with Gasteiger partial charge in [-0.3, -0.25) is 9.69 Å². The van der Waals surface area contributed by atoms with E-state index in [4.69, 9.17) is 11.6 Å². The molecule has 3 rings (SSSR count). The standard InChI is InChI=1S/C17H16ClNO/c18-16-7-3-6-14(10-16)17(20)12-19-9-8-13-4-1-2-5-15(13)11-19/h1-7,10H,8-9,11-12H2. The van der Waals surface area contributed by atoms with E-state index in [-0.39, 0.29) is 5.78 Å². The first kappa shape index (κ1) is 13.3. The van der Waals surface area contributed by atoms with Gasteiger partial charge in [0.25, 0.3) is 0 Å². The van der Waals surface area contributed by atoms with Gasteiger partial charge in [0, 0.05) is 23.7 Å². The molecular weight excluding hydrogens is 270 g/mol. The van der Waals surface area contributed by atoms with Crippen LogP contribution in [0.3, 0.4) is 0 Å². The van der Waals surface area contributed by atoms with E-state index in [0.717, 1.165) is 19.5 Å². The molecule has 2 aromatic rings. The molecule has 0 saturated carbocycles. The van der Waals surface area contributed by atoms with Crippen LogP contribution >= 0.6 is 11.6 Å². The van der Waals surface area contributed by atoms with Crippen molar-refractivity contribution in [1.82, 2.24) is 4.90 Å². The maximum absolute atomic E-state index is 12.3. The minimum atomic E-state index is 0.131. The Hall–Kier alpha value is -1.64. The molecule has 3 heteroatoms. The maximum Gasteiger partial charge on any atom is 0.176 e. The SMILES string of the molecule is O=C(CN1CCc2ccccc2C1)c1cccc(Cl)c1. The van der Waals surface area contributed by atoms with Crippen molar-refractivity contribution in [3.63, 3.8) is 0 Å². The molecule has 0 spiro atoms. The van der Waals surface area contributed by atoms with Crippen LogP contribution in [-0.4, -0.2) is 23.8 Å². The van der Waals surface area contributed by atoms with Gasteiger partial charge in [-0.15, -0.1) is 0 Å². The van der Waals surface area contributed by atoms with Crippen LogP contribution in [-0.2, 0) is 13.0 Å². The molecule has 0 unspecified atom stereocenters. The van der Waals surface area contributed by atoms with E-state index in [1.54, 1.807) is 12.1 Å². The molecule has 2 aromatic carbocycles. The number of nitrogens with zero attached hydrogens (tertiary/aromatic N) is 1. The Labute approximate surface area is 124 Å². The van der Waals surface area contributed by atoms with E-state index in [2.05, 4.69) is 29.2 Å². The topological polar surface area (TPSA) is 20.3 Å². The number of rotatable bonds is 3. The smallest absolute Gasteiger partial charge is 0.176 e. The van der Waals surface area contributed by atoms with Crippen LogP contribution in [0, 0.1) is 0 Å². The highest BCUT2D eigenvalue weighted by Crippen LogP contribution is 2.19. The summed E-state index contributed by atoms with van der Waals surface area (Å²) >= 11 is 5.93. The lowest BCUT2D eigenvalue weighted by molar-refractivity contribution is 0.0921. The second-order valence-electron chi connectivity index (χ2n) is 5.16. The summed E-state index contributed by atoms with van der Waals surface area (Å²) in [6, 6.07) is 15.6. The summed E-state index contributed by atoms with van der Waals surface area (Å²) in [4.78, 5) is 14.5. The van der Waals surface area contributed by atoms with Gasteiger partial charge in [0.15, 0.2) is 5.78 Å². The largest absolute Gasteiger partial charge is 0.293 e. The highest BCUT2D eigenvalue weighted by atomic mass is 35.5. The van der Waals surface area contributed by atoms with Crippen molar-refractivity contribution in [2.45, 2.75) is 13.0 Å². The molecule has 0 aliphatic carbocycles. The predicted octanol–water partition coefficient (Wildman–Crippen LogP) is 3.58. The fourth-order valence-electron chi connectivity index (χ4n) is 2.65. The molecule has 0 fully saturated rings. The molecule has 1 aliphatic rings. The number of carbonyl (C=O) groups is 1. The lowest BCUT2D eigenvalue weighted by Gasteiger charge is -2.28. The molecule has 0 bridgehead atoms. The van der Waals surface area contributed by atoms with Gasteiger partial charge in [0.05, 0.1) is 6.54 Å². The first-order valence-corrected chi connectivity index (χ1v) is 7.18. The number of ketones is 1. The van der Waals surface area contributed by atoms with Gasteiger partial charge in [-0.25, -0.2) is 0 Å². The quantitative estimate of drug-likeness (QED) is 0.804. The maximum atomic E-state index is 12.3. The van der Waals surface area contributed by atoms with Gasteiger partial charge in [-0.05, 0) is 29.7 Å². The van der Waals surface area contributed by atoms with E-state index >= 15 is 0 Å². The first-order valence-electron chi connectivity index (χ1n) is 6.80. The Balaban J connectivity index is 1.69. The number of halogens is 1. The third-order valence-electron chi connectivity index (χ3n) is 3.72. The molecule has 102 valence electrons. The number of hydrogen-bond acceptors (Lipinski definition) is 2. The number of carbonyl (C=O) groups excluding carboxylic acids is 1. The van der Waals surface area contributed by atoms with E-state index in [1.807, 2.05) is 12.1 Å². The summed E-state index contributed by atoms with van der Waals surface area (Å²) in [5.74, 6) is 0.131. The fourth-order valence-corrected chi connectivity index (χ4v) is 2.84. The molecule has 1 aliphatic heterocycles. The Bertz CT molecular complexity index is 638. The van der Waals surface area contributed by atoms with Crippen molar-refractivity contribution in [2.75, 3.05) is 13.1 Å². The molecule has 0 amide bonds. The lowest BCUT2D eigenvalue weighted by Crippen LogP contribution is -2.34. The van der Waals surface area contributed by atoms with Crippen LogP contribution in [0.15, 0.2) is 48.5 Å². The monoisotopic (exact) mass is 285 g/mol. The highest BCUT2D eigenvalue weighted by molar-refractivity contribution is 6.31. The van der Waals surface area contributed by atoms with Crippen molar-refractivity contribution in [3.8, 4) is 0 Å². The van der Waals surface area contributed by atoms with Crippen LogP contribution in [0.1, 0.15) is 21.5 Å². The van der Waals surface area contributed by atoms with E-state index in [0.29, 0.717) is 17.1 Å². The summed E-state index contributed by atoms with van der Waals surface area (Å²) in [5.41, 5.74) is 3.42. The van der Waals surface area contributed by atoms with Crippen LogP contribution in [0.4, 0.5) is 0 Å². The second-order valence-corrected chi connectivity index (χ2v) is 5.60. The zero-order chi connectivity index (χ0) is 13.9. The average molecular weight is 286 g/mol. The van der Waals surface area contributed by atoms with Crippen molar-refractivity contribution < 1.29 is 4.79 Å². The molecule has 1 heterocycles. The van der Waals surface area contributed by atoms with Crippen molar-refractivity contribution in [3.05, 3.63) is 70.2 Å². The van der Waals surface area contributed by atoms with Gasteiger partial charge in [0.2, 0.25) is 0 Å². The second kappa shape index (κ2) is 5.78. The van der Waals surface area contributed by atoms with Gasteiger partial charge in [-0.1, -0.05) is 48.0 Å². The average Bonchev–Trinajstić information content (AvgIpc) is 2.47. The highest BCUT2D eigenvalue weighted by Gasteiger charge is 2.18. The number of fused-ring (bicyclic) bond motifs is 1. The van der Waals surface area contributed by atoms with Gasteiger partial charge in [-0.2, -0.15) is 0 Å². The lowest BCUT2D eigenvalue weighted by atomic mass is 9.99. The fraction of sp³-hybridized carbons (Fsp3) is 0.235. The van der Waals surface area contributed by atoms with Gasteiger partial charge in [0.1, 0.15) is 0 Å². The van der Waals surface area contributed by atoms with Gasteiger partial charge >= 0.3 is 0 Å². The summed E-state index contributed by atoms with van der Waals surface area (Å²) in [5, 5.41) is 0.611. The van der Waals surface area contributed by atoms with Crippen LogP contribution < -0.4 is 0 Å². The van der Waals surface area contributed by atoms with Crippen molar-refractivity contribution in [1.29, 1.82) is 0 Å². The Morgan fingerprint density at radius 2 is 1.90 bits per heavy atom. The summed E-state index contributed by atoms with van der Waals surface area (Å²) in [6.07, 6.45) is 1.01. The number of hydrogen-bond donors (Lipinski definition) is 0. The molecule has 0 N–H and O–H groups in total. The third-order valence-corrected chi connectivity index (χ3v) is 3.96. The minimum absolute atomic E-state index is 0.131. The molecule has 20 heavy (non-hydrogen) atoms. The minimum Gasteiger partial charge on any atom is -0.293 e. The zero-order valence-electron chi connectivity index (χ0n) is 11.2. The molecule has 0 radical (unpaired) electrons. The third kappa shape index (κ3) is 2.92. The van der Waals surface area contributed by atoms with E-state index < -0.39 is 0 Å². The predicted molar refractivity (Wildman–Crippen MR) is 81.2 cm³/mol. The van der Waals surface area contributed by atoms with Crippen LogP contribution in [0.25, 0.3) is 0 Å². The van der Waals surface area contributed by atoms with E-state index in [9.17, 15) is 4.79 Å². The van der Waals surface area contributed by atoms with Gasteiger partial charge < -0.3 is 0 Å². The normalized spacial score (nSPS) is 14.8. The molecule has 2 nitrogen and oxygen atoms in total. The summed E-state index contributed by atoms with van der Waals surface area (Å²) in [7, 11) is 0. The molecule has 0 aromatic heterocycles. The molecule has 0 atom stereocenters. The summed E-state index contributed by atoms with van der Waals surface area (Å²) in [6.45, 7) is 2.24. The molecule has 0 saturated heterocycles. The van der Waals surface area contributed by atoms with Crippen LogP contribution in [0.5, 0.6) is 0 Å². The Morgan fingerprint density at radius 3 is 2.70 bits per heavy atom. The van der Waals surface area contributed by atoms with Crippen LogP contribution in [0.2, 0.25) is 5.02 Å². The number of benzene rings is 2. The molecular formula is C17H16ClNO. The first-order chi connectivity index (χ1) is 9.72. The van der Waals surface area contributed by atoms with Crippen molar-refractivity contribution >= 4 is 17.4 Å². The Kier molecular flexibility index (Phi) is 3.86. The number of Topliss-reactive ketones (excluding diaryl/α,β-unsaturated/α-hetero) is 1. The van der Waals surface area contributed by atoms with E-state index in [1.165, 1.54) is 11.1 Å². The van der Waals surface area contributed by atoms with Crippen molar-refractivity contribution in [2.24, 2.45) is 0 Å².